The summed E-state index contributed by atoms with van der Waals surface area (Å²) < 4.78 is 12.5. The summed E-state index contributed by atoms with van der Waals surface area (Å²) in [5.74, 6) is -0.615. The molecule has 5 rings (SSSR count). The fourth-order valence-corrected chi connectivity index (χ4v) is 4.15. The van der Waals surface area contributed by atoms with E-state index in [4.69, 9.17) is 9.15 Å². The third-order valence-corrected chi connectivity index (χ3v) is 5.68. The molecule has 178 valence electrons. The number of hydrogen-bond acceptors (Lipinski definition) is 8. The van der Waals surface area contributed by atoms with Gasteiger partial charge in [-0.25, -0.2) is 4.98 Å². The van der Waals surface area contributed by atoms with Crippen LogP contribution in [0.5, 0.6) is 5.75 Å². The molecule has 3 aromatic carbocycles. The molecule has 0 fully saturated rings. The first-order chi connectivity index (χ1) is 17.3. The third kappa shape index (κ3) is 4.27. The number of para-hydroxylation sites is 2. The number of ether oxygens (including phenoxy) is 1. The van der Waals surface area contributed by atoms with E-state index in [0.717, 1.165) is 17.0 Å². The van der Waals surface area contributed by atoms with Crippen molar-refractivity contribution < 1.29 is 18.9 Å². The Morgan fingerprint density at radius 2 is 1.92 bits per heavy atom. The minimum atomic E-state index is -0.748. The maximum absolute atomic E-state index is 13.4. The summed E-state index contributed by atoms with van der Waals surface area (Å²) in [5.41, 5.74) is 0.226. The van der Waals surface area contributed by atoms with Crippen LogP contribution in [0.1, 0.15) is 12.5 Å². The second-order valence-corrected chi connectivity index (χ2v) is 8.57. The molecule has 0 aliphatic rings. The number of aromatic nitrogens is 2. The SMILES string of the molecule is CC(=O)Oc1c(C=Nn2c(-c3cc4ccccc4o3)nc3ccccc3c2=O)cc(Br)cc1[N+](=O)[O-]. The first kappa shape index (κ1) is 23.1. The second kappa shape index (κ2) is 9.19. The zero-order valence-electron chi connectivity index (χ0n) is 18.5. The van der Waals surface area contributed by atoms with E-state index < -0.39 is 22.1 Å². The van der Waals surface area contributed by atoms with Crippen LogP contribution in [0, 0.1) is 10.1 Å². The molecular formula is C25H15BrN4O6. The molecule has 0 aliphatic heterocycles. The molecular weight excluding hydrogens is 532 g/mol. The molecule has 0 spiro atoms. The highest BCUT2D eigenvalue weighted by molar-refractivity contribution is 9.10. The normalized spacial score (nSPS) is 11.4. The molecule has 2 aromatic heterocycles. The van der Waals surface area contributed by atoms with Crippen LogP contribution in [0.15, 0.2) is 85.5 Å². The molecule has 0 unspecified atom stereocenters. The number of hydrogen-bond donors (Lipinski definition) is 0. The fraction of sp³-hybridized carbons (Fsp3) is 0.0400. The van der Waals surface area contributed by atoms with Crippen molar-refractivity contribution in [2.45, 2.75) is 6.92 Å². The van der Waals surface area contributed by atoms with Crippen LogP contribution in [0.25, 0.3) is 33.5 Å². The maximum Gasteiger partial charge on any atom is 0.313 e. The van der Waals surface area contributed by atoms with Gasteiger partial charge in [0, 0.05) is 28.4 Å². The molecule has 36 heavy (non-hydrogen) atoms. The molecule has 0 atom stereocenters. The maximum atomic E-state index is 13.4. The predicted molar refractivity (Wildman–Crippen MR) is 136 cm³/mol. The summed E-state index contributed by atoms with van der Waals surface area (Å²) in [6.45, 7) is 1.13. The number of halogens is 1. The molecule has 0 bridgehead atoms. The fourth-order valence-electron chi connectivity index (χ4n) is 3.69. The topological polar surface area (TPSA) is 130 Å². The number of furan rings is 1. The van der Waals surface area contributed by atoms with Crippen LogP contribution >= 0.6 is 15.9 Å². The Kier molecular flexibility index (Phi) is 5.90. The average Bonchev–Trinajstić information content (AvgIpc) is 3.28. The molecule has 5 aromatic rings. The number of nitro groups is 1. The monoisotopic (exact) mass is 546 g/mol. The number of benzene rings is 3. The largest absolute Gasteiger partial charge is 0.453 e. The van der Waals surface area contributed by atoms with Gasteiger partial charge < -0.3 is 9.15 Å². The molecule has 0 saturated heterocycles. The Balaban J connectivity index is 1.74. The zero-order valence-corrected chi connectivity index (χ0v) is 20.1. The van der Waals surface area contributed by atoms with Crippen molar-refractivity contribution in [3.63, 3.8) is 0 Å². The second-order valence-electron chi connectivity index (χ2n) is 7.66. The Bertz CT molecular complexity index is 1740. The van der Waals surface area contributed by atoms with Crippen LogP contribution in [-0.2, 0) is 4.79 Å². The minimum Gasteiger partial charge on any atom is -0.453 e. The predicted octanol–water partition coefficient (Wildman–Crippen LogP) is 5.29. The highest BCUT2D eigenvalue weighted by atomic mass is 79.9. The van der Waals surface area contributed by atoms with Gasteiger partial charge in [0.1, 0.15) is 5.58 Å². The van der Waals surface area contributed by atoms with Crippen molar-refractivity contribution in [2.75, 3.05) is 0 Å². The average molecular weight is 547 g/mol. The summed E-state index contributed by atoms with van der Waals surface area (Å²) in [7, 11) is 0. The van der Waals surface area contributed by atoms with Crippen molar-refractivity contribution in [1.82, 2.24) is 9.66 Å². The van der Waals surface area contributed by atoms with Crippen LogP contribution in [0.3, 0.4) is 0 Å². The van der Waals surface area contributed by atoms with Gasteiger partial charge >= 0.3 is 11.7 Å². The van der Waals surface area contributed by atoms with Gasteiger partial charge in [-0.3, -0.25) is 19.7 Å². The lowest BCUT2D eigenvalue weighted by molar-refractivity contribution is -0.385. The summed E-state index contributed by atoms with van der Waals surface area (Å²) in [6, 6.07) is 18.6. The number of nitro benzene ring substituents is 1. The molecule has 10 nitrogen and oxygen atoms in total. The van der Waals surface area contributed by atoms with Crippen molar-refractivity contribution >= 4 is 55.7 Å². The molecule has 0 radical (unpaired) electrons. The van der Waals surface area contributed by atoms with E-state index in [1.807, 2.05) is 18.2 Å². The first-order valence-corrected chi connectivity index (χ1v) is 11.3. The van der Waals surface area contributed by atoms with E-state index in [9.17, 15) is 19.7 Å². The Morgan fingerprint density at radius 1 is 1.17 bits per heavy atom. The van der Waals surface area contributed by atoms with E-state index in [0.29, 0.717) is 26.7 Å². The smallest absolute Gasteiger partial charge is 0.313 e. The Morgan fingerprint density at radius 3 is 2.67 bits per heavy atom. The minimum absolute atomic E-state index is 0.0990. The zero-order chi connectivity index (χ0) is 25.4. The van der Waals surface area contributed by atoms with Crippen LogP contribution in [0.4, 0.5) is 5.69 Å². The van der Waals surface area contributed by atoms with Gasteiger partial charge in [-0.05, 0) is 30.3 Å². The Hall–Kier alpha value is -4.64. The van der Waals surface area contributed by atoms with Crippen molar-refractivity contribution in [1.29, 1.82) is 0 Å². The van der Waals surface area contributed by atoms with Gasteiger partial charge in [-0.1, -0.05) is 46.3 Å². The van der Waals surface area contributed by atoms with E-state index in [2.05, 4.69) is 26.0 Å². The van der Waals surface area contributed by atoms with E-state index in [1.54, 1.807) is 36.4 Å². The highest BCUT2D eigenvalue weighted by Gasteiger charge is 2.22. The number of carbonyl (C=O) groups excluding carboxylic acids is 1. The van der Waals surface area contributed by atoms with E-state index in [1.165, 1.54) is 18.3 Å². The lowest BCUT2D eigenvalue weighted by Crippen LogP contribution is -2.20. The first-order valence-electron chi connectivity index (χ1n) is 10.5. The lowest BCUT2D eigenvalue weighted by Gasteiger charge is -2.09. The van der Waals surface area contributed by atoms with E-state index in [-0.39, 0.29) is 17.1 Å². The van der Waals surface area contributed by atoms with Gasteiger partial charge in [-0.15, -0.1) is 0 Å². The molecule has 2 heterocycles. The van der Waals surface area contributed by atoms with Crippen molar-refractivity contribution in [2.24, 2.45) is 5.10 Å². The van der Waals surface area contributed by atoms with Gasteiger partial charge in [-0.2, -0.15) is 9.78 Å². The molecule has 0 aliphatic carbocycles. The van der Waals surface area contributed by atoms with Gasteiger partial charge in [0.05, 0.1) is 22.0 Å². The Labute approximate surface area is 210 Å². The molecule has 11 heteroatoms. The summed E-state index contributed by atoms with van der Waals surface area (Å²) in [5, 5.41) is 17.0. The highest BCUT2D eigenvalue weighted by Crippen LogP contribution is 2.34. The molecule has 0 amide bonds. The number of rotatable bonds is 5. The van der Waals surface area contributed by atoms with Crippen LogP contribution < -0.4 is 10.3 Å². The van der Waals surface area contributed by atoms with Crippen molar-refractivity contribution in [3.05, 3.63) is 97.2 Å². The molecule has 0 saturated carbocycles. The van der Waals surface area contributed by atoms with Crippen molar-refractivity contribution in [3.8, 4) is 17.3 Å². The molecule has 0 N–H and O–H groups in total. The van der Waals surface area contributed by atoms with Gasteiger partial charge in [0.2, 0.25) is 11.6 Å². The quantitative estimate of drug-likeness (QED) is 0.0961. The lowest BCUT2D eigenvalue weighted by atomic mass is 10.2. The number of fused-ring (bicyclic) bond motifs is 2. The van der Waals surface area contributed by atoms with E-state index >= 15 is 0 Å². The third-order valence-electron chi connectivity index (χ3n) is 5.22. The van der Waals surface area contributed by atoms with Gasteiger partial charge in [0.15, 0.2) is 5.76 Å². The summed E-state index contributed by atoms with van der Waals surface area (Å²) in [6.07, 6.45) is 1.19. The number of esters is 1. The standard InChI is InChI=1S/C25H15BrN4O6/c1-14(31)35-23-16(10-17(26)12-20(23)30(33)34)13-27-29-24(22-11-15-6-2-5-9-21(15)36-22)28-19-8-4-3-7-18(19)25(29)32/h2-13H,1H3. The van der Waals surface area contributed by atoms with Crippen LogP contribution in [0.2, 0.25) is 0 Å². The number of nitrogens with zero attached hydrogens (tertiary/aromatic N) is 4. The summed E-state index contributed by atoms with van der Waals surface area (Å²) in [4.78, 5) is 40.6. The number of carbonyl (C=O) groups is 1. The van der Waals surface area contributed by atoms with Gasteiger partial charge in [0.25, 0.3) is 5.56 Å². The van der Waals surface area contributed by atoms with Crippen LogP contribution in [-0.4, -0.2) is 26.8 Å². The summed E-state index contributed by atoms with van der Waals surface area (Å²) >= 11 is 3.22.